The van der Waals surface area contributed by atoms with Crippen LogP contribution in [0.4, 0.5) is 0 Å². The highest BCUT2D eigenvalue weighted by Crippen LogP contribution is 2.30. The number of ether oxygens (including phenoxy) is 1. The summed E-state index contributed by atoms with van der Waals surface area (Å²) in [5.74, 6) is 1.94. The maximum atomic E-state index is 5.73. The van der Waals surface area contributed by atoms with E-state index in [1.165, 1.54) is 25.7 Å². The molecule has 1 fully saturated rings. The molecule has 0 aromatic heterocycles. The Balaban J connectivity index is 1.65. The average Bonchev–Trinajstić information content (AvgIpc) is 2.32. The second-order valence-corrected chi connectivity index (χ2v) is 4.97. The highest BCUT2D eigenvalue weighted by molar-refractivity contribution is 5.20. The molecular weight excluding hydrogens is 210 g/mol. The van der Waals surface area contributed by atoms with Crippen molar-refractivity contribution in [3.63, 3.8) is 0 Å². The zero-order valence-corrected chi connectivity index (χ0v) is 10.7. The molecule has 1 aromatic rings. The summed E-state index contributed by atoms with van der Waals surface area (Å²) in [6, 6.07) is 10.7. The van der Waals surface area contributed by atoms with Crippen molar-refractivity contribution >= 4 is 0 Å². The van der Waals surface area contributed by atoms with Crippen LogP contribution >= 0.6 is 0 Å². The van der Waals surface area contributed by atoms with E-state index < -0.39 is 0 Å². The number of hydrogen-bond acceptors (Lipinski definition) is 2. The van der Waals surface area contributed by atoms with Gasteiger partial charge in [-0.2, -0.15) is 0 Å². The first-order valence-electron chi connectivity index (χ1n) is 6.73. The molecule has 2 heteroatoms. The van der Waals surface area contributed by atoms with E-state index in [1.807, 2.05) is 30.3 Å². The quantitative estimate of drug-likeness (QED) is 0.780. The lowest BCUT2D eigenvalue weighted by Crippen LogP contribution is -2.31. The predicted octanol–water partition coefficient (Wildman–Crippen LogP) is 3.23. The topological polar surface area (TPSA) is 21.3 Å². The van der Waals surface area contributed by atoms with E-state index in [9.17, 15) is 0 Å². The highest BCUT2D eigenvalue weighted by atomic mass is 16.5. The van der Waals surface area contributed by atoms with Gasteiger partial charge < -0.3 is 10.1 Å². The van der Waals surface area contributed by atoms with Gasteiger partial charge in [-0.25, -0.2) is 0 Å². The van der Waals surface area contributed by atoms with Gasteiger partial charge in [0.25, 0.3) is 0 Å². The van der Waals surface area contributed by atoms with Crippen molar-refractivity contribution in [2.75, 3.05) is 13.7 Å². The number of nitrogens with one attached hydrogen (secondary N) is 1. The van der Waals surface area contributed by atoms with Crippen LogP contribution in [0.15, 0.2) is 30.3 Å². The van der Waals surface area contributed by atoms with Gasteiger partial charge >= 0.3 is 0 Å². The van der Waals surface area contributed by atoms with Crippen molar-refractivity contribution in [2.45, 2.75) is 38.1 Å². The maximum Gasteiger partial charge on any atom is 0.119 e. The van der Waals surface area contributed by atoms with Crippen LogP contribution in [0.1, 0.15) is 32.1 Å². The van der Waals surface area contributed by atoms with Gasteiger partial charge in [-0.15, -0.1) is 0 Å². The fourth-order valence-electron chi connectivity index (χ4n) is 2.35. The summed E-state index contributed by atoms with van der Waals surface area (Å²) < 4.78 is 5.73. The molecule has 17 heavy (non-hydrogen) atoms. The summed E-state index contributed by atoms with van der Waals surface area (Å²) in [5, 5.41) is 3.41. The smallest absolute Gasteiger partial charge is 0.119 e. The third-order valence-electron chi connectivity index (χ3n) is 3.73. The Labute approximate surface area is 104 Å². The monoisotopic (exact) mass is 233 g/mol. The molecule has 1 unspecified atom stereocenters. The highest BCUT2D eigenvalue weighted by Gasteiger charge is 2.21. The van der Waals surface area contributed by atoms with Gasteiger partial charge in [-0.1, -0.05) is 37.5 Å². The summed E-state index contributed by atoms with van der Waals surface area (Å²) in [7, 11) is 2.06. The predicted molar refractivity (Wildman–Crippen MR) is 71.4 cm³/mol. The van der Waals surface area contributed by atoms with E-state index in [1.54, 1.807) is 0 Å². The molecule has 0 bridgehead atoms. The van der Waals surface area contributed by atoms with Gasteiger partial charge in [0.05, 0.1) is 6.61 Å². The molecule has 1 aliphatic carbocycles. The lowest BCUT2D eigenvalue weighted by molar-refractivity contribution is 0.232. The summed E-state index contributed by atoms with van der Waals surface area (Å²) in [5.41, 5.74) is 0. The lowest BCUT2D eigenvalue weighted by Gasteiger charge is -2.29. The van der Waals surface area contributed by atoms with Crippen LogP contribution in [0, 0.1) is 5.92 Å². The molecule has 1 saturated carbocycles. The number of benzene rings is 1. The Morgan fingerprint density at radius 3 is 2.65 bits per heavy atom. The molecule has 0 spiro atoms. The van der Waals surface area contributed by atoms with Crippen molar-refractivity contribution in [2.24, 2.45) is 5.92 Å². The Kier molecular flexibility index (Phi) is 4.87. The minimum atomic E-state index is 0.615. The lowest BCUT2D eigenvalue weighted by atomic mass is 9.80. The first kappa shape index (κ1) is 12.4. The second-order valence-electron chi connectivity index (χ2n) is 4.97. The van der Waals surface area contributed by atoms with Crippen LogP contribution in [-0.4, -0.2) is 19.7 Å². The van der Waals surface area contributed by atoms with E-state index in [-0.39, 0.29) is 0 Å². The molecular formula is C15H23NO. The van der Waals surface area contributed by atoms with Crippen LogP contribution in [-0.2, 0) is 0 Å². The third kappa shape index (κ3) is 4.04. The maximum absolute atomic E-state index is 5.73. The van der Waals surface area contributed by atoms with E-state index in [4.69, 9.17) is 4.74 Å². The van der Waals surface area contributed by atoms with Crippen molar-refractivity contribution in [3.05, 3.63) is 30.3 Å². The van der Waals surface area contributed by atoms with Gasteiger partial charge in [-0.3, -0.25) is 0 Å². The van der Waals surface area contributed by atoms with Gasteiger partial charge in [-0.05, 0) is 37.9 Å². The van der Waals surface area contributed by atoms with E-state index >= 15 is 0 Å². The van der Waals surface area contributed by atoms with Gasteiger partial charge in [0.15, 0.2) is 0 Å². The molecule has 0 amide bonds. The second kappa shape index (κ2) is 6.65. The summed E-state index contributed by atoms with van der Waals surface area (Å²) >= 11 is 0. The number of para-hydroxylation sites is 1. The van der Waals surface area contributed by atoms with Crippen LogP contribution in [0.5, 0.6) is 5.75 Å². The molecule has 1 atom stereocenters. The fourth-order valence-corrected chi connectivity index (χ4v) is 2.35. The third-order valence-corrected chi connectivity index (χ3v) is 3.73. The normalized spacial score (nSPS) is 17.5. The van der Waals surface area contributed by atoms with Crippen LogP contribution in [0.2, 0.25) is 0 Å². The molecule has 0 saturated heterocycles. The molecule has 2 nitrogen and oxygen atoms in total. The number of rotatable bonds is 7. The Bertz CT molecular complexity index is 308. The molecule has 0 heterocycles. The molecule has 1 aromatic carbocycles. The molecule has 0 aliphatic heterocycles. The number of hydrogen-bond donors (Lipinski definition) is 1. The van der Waals surface area contributed by atoms with Crippen LogP contribution in [0.25, 0.3) is 0 Å². The zero-order chi connectivity index (χ0) is 11.9. The summed E-state index contributed by atoms with van der Waals surface area (Å²) in [6.07, 6.45) is 6.70. The zero-order valence-electron chi connectivity index (χ0n) is 10.7. The van der Waals surface area contributed by atoms with Gasteiger partial charge in [0, 0.05) is 6.04 Å². The Morgan fingerprint density at radius 2 is 2.06 bits per heavy atom. The van der Waals surface area contributed by atoms with Crippen LogP contribution in [0.3, 0.4) is 0 Å². The molecule has 1 aliphatic rings. The molecule has 94 valence electrons. The first-order valence-corrected chi connectivity index (χ1v) is 6.73. The minimum Gasteiger partial charge on any atom is -0.494 e. The average molecular weight is 233 g/mol. The summed E-state index contributed by atoms with van der Waals surface area (Å²) in [4.78, 5) is 0. The van der Waals surface area contributed by atoms with Gasteiger partial charge in [0.1, 0.15) is 5.75 Å². The standard InChI is InChI=1S/C15H23NO/c1-16-14(12-13-6-5-7-13)10-11-17-15-8-3-2-4-9-15/h2-4,8-9,13-14,16H,5-7,10-12H2,1H3. The van der Waals surface area contributed by atoms with Crippen molar-refractivity contribution in [3.8, 4) is 5.75 Å². The minimum absolute atomic E-state index is 0.615. The van der Waals surface area contributed by atoms with Crippen molar-refractivity contribution in [1.82, 2.24) is 5.32 Å². The van der Waals surface area contributed by atoms with Gasteiger partial charge in [0.2, 0.25) is 0 Å². The SMILES string of the molecule is CNC(CCOc1ccccc1)CC1CCC1. The molecule has 0 radical (unpaired) electrons. The Morgan fingerprint density at radius 1 is 1.29 bits per heavy atom. The van der Waals surface area contributed by atoms with E-state index in [0.29, 0.717) is 6.04 Å². The summed E-state index contributed by atoms with van der Waals surface area (Å²) in [6.45, 7) is 0.808. The van der Waals surface area contributed by atoms with Crippen molar-refractivity contribution < 1.29 is 4.74 Å². The molecule has 2 rings (SSSR count). The molecule has 1 N–H and O–H groups in total. The largest absolute Gasteiger partial charge is 0.494 e. The Hall–Kier alpha value is -1.02. The first-order chi connectivity index (χ1) is 8.38. The van der Waals surface area contributed by atoms with Crippen LogP contribution < -0.4 is 10.1 Å². The van der Waals surface area contributed by atoms with E-state index in [2.05, 4.69) is 12.4 Å². The van der Waals surface area contributed by atoms with Crippen molar-refractivity contribution in [1.29, 1.82) is 0 Å². The fraction of sp³-hybridized carbons (Fsp3) is 0.600. The van der Waals surface area contributed by atoms with E-state index in [0.717, 1.165) is 24.7 Å².